The summed E-state index contributed by atoms with van der Waals surface area (Å²) < 4.78 is 5.33. The molecule has 0 saturated carbocycles. The monoisotopic (exact) mass is 440 g/mol. The largest absolute Gasteiger partial charge is 0.366 e. The smallest absolute Gasteiger partial charge is 0.253 e. The summed E-state index contributed by atoms with van der Waals surface area (Å²) in [7, 11) is 0. The van der Waals surface area contributed by atoms with Gasteiger partial charge in [0.1, 0.15) is 5.76 Å². The number of nitrogens with two attached hydrogens (primary N) is 1. The van der Waals surface area contributed by atoms with E-state index in [2.05, 4.69) is 11.2 Å². The molecule has 33 heavy (non-hydrogen) atoms. The van der Waals surface area contributed by atoms with Crippen LogP contribution in [0.3, 0.4) is 0 Å². The number of primary amides is 1. The van der Waals surface area contributed by atoms with E-state index in [0.29, 0.717) is 49.2 Å². The van der Waals surface area contributed by atoms with E-state index in [1.807, 2.05) is 49.1 Å². The van der Waals surface area contributed by atoms with Crippen LogP contribution in [0.25, 0.3) is 22.3 Å². The fourth-order valence-corrected chi connectivity index (χ4v) is 5.08. The van der Waals surface area contributed by atoms with Gasteiger partial charge >= 0.3 is 0 Å². The Labute approximate surface area is 191 Å². The van der Waals surface area contributed by atoms with Crippen molar-refractivity contribution in [3.05, 3.63) is 64.0 Å². The second kappa shape index (κ2) is 7.89. The van der Waals surface area contributed by atoms with Crippen LogP contribution in [0.2, 0.25) is 0 Å². The molecule has 1 saturated heterocycles. The van der Waals surface area contributed by atoms with E-state index < -0.39 is 5.91 Å². The SMILES string of the molecule is Cc1noc(C)c1-c1cc(C(N)=O)c2c(c1)-c1ccc(C(=O)N3CCC(C#N)CC3)cc1C2. The van der Waals surface area contributed by atoms with E-state index in [4.69, 9.17) is 15.5 Å². The van der Waals surface area contributed by atoms with Crippen LogP contribution in [0, 0.1) is 31.1 Å². The van der Waals surface area contributed by atoms with Gasteiger partial charge in [0, 0.05) is 35.7 Å². The van der Waals surface area contributed by atoms with Crippen LogP contribution >= 0.6 is 0 Å². The minimum absolute atomic E-state index is 0.0170. The zero-order valence-electron chi connectivity index (χ0n) is 18.6. The molecule has 0 spiro atoms. The lowest BCUT2D eigenvalue weighted by atomic mass is 9.93. The lowest BCUT2D eigenvalue weighted by Gasteiger charge is -2.29. The van der Waals surface area contributed by atoms with Gasteiger partial charge in [0.25, 0.3) is 5.91 Å². The summed E-state index contributed by atoms with van der Waals surface area (Å²) >= 11 is 0. The Hall–Kier alpha value is -3.92. The first-order valence-corrected chi connectivity index (χ1v) is 11.1. The molecule has 2 aromatic carbocycles. The van der Waals surface area contributed by atoms with Gasteiger partial charge in [-0.2, -0.15) is 5.26 Å². The highest BCUT2D eigenvalue weighted by molar-refractivity contribution is 6.01. The molecule has 2 N–H and O–H groups in total. The first-order chi connectivity index (χ1) is 15.9. The van der Waals surface area contributed by atoms with Crippen molar-refractivity contribution in [3.8, 4) is 28.3 Å². The number of carbonyl (C=O) groups is 2. The molecule has 0 bridgehead atoms. The molecule has 1 fully saturated rings. The van der Waals surface area contributed by atoms with E-state index in [0.717, 1.165) is 39.1 Å². The Morgan fingerprint density at radius 2 is 1.91 bits per heavy atom. The van der Waals surface area contributed by atoms with Gasteiger partial charge in [-0.25, -0.2) is 0 Å². The van der Waals surface area contributed by atoms with Gasteiger partial charge in [-0.15, -0.1) is 0 Å². The Balaban J connectivity index is 1.52. The van der Waals surface area contributed by atoms with Gasteiger partial charge in [0.2, 0.25) is 5.91 Å². The number of aromatic nitrogens is 1. The summed E-state index contributed by atoms with van der Waals surface area (Å²) in [4.78, 5) is 27.2. The number of hydrogen-bond donors (Lipinski definition) is 1. The zero-order chi connectivity index (χ0) is 23.3. The van der Waals surface area contributed by atoms with E-state index in [-0.39, 0.29) is 11.8 Å². The van der Waals surface area contributed by atoms with Gasteiger partial charge in [-0.3, -0.25) is 9.59 Å². The van der Waals surface area contributed by atoms with Crippen LogP contribution in [-0.4, -0.2) is 35.0 Å². The summed E-state index contributed by atoms with van der Waals surface area (Å²) in [6.45, 7) is 4.91. The van der Waals surface area contributed by atoms with Crippen molar-refractivity contribution >= 4 is 11.8 Å². The Kier molecular flexibility index (Phi) is 5.01. The number of nitrogens with zero attached hydrogens (tertiary/aromatic N) is 3. The summed E-state index contributed by atoms with van der Waals surface area (Å²) in [6, 6.07) is 11.9. The molecule has 1 aliphatic heterocycles. The van der Waals surface area contributed by atoms with E-state index >= 15 is 0 Å². The summed E-state index contributed by atoms with van der Waals surface area (Å²) in [5.74, 6) is 0.214. The van der Waals surface area contributed by atoms with Crippen molar-refractivity contribution in [1.29, 1.82) is 5.26 Å². The Bertz CT molecular complexity index is 1320. The van der Waals surface area contributed by atoms with Gasteiger partial charge in [-0.05, 0) is 85.2 Å². The maximum Gasteiger partial charge on any atom is 0.253 e. The molecule has 7 nitrogen and oxygen atoms in total. The molecule has 1 aliphatic carbocycles. The standard InChI is InChI=1S/C26H24N4O3/c1-14-24(15(2)33-29-14)19-11-21-20-4-3-17(26(32)30-7-5-16(13-27)6-8-30)9-18(20)10-22(21)23(12-19)25(28)31/h3-4,9,11-12,16H,5-8,10H2,1-2H3,(H2,28,31). The highest BCUT2D eigenvalue weighted by Crippen LogP contribution is 2.42. The second-order valence-electron chi connectivity index (χ2n) is 8.86. The first-order valence-electron chi connectivity index (χ1n) is 11.1. The quantitative estimate of drug-likeness (QED) is 0.517. The van der Waals surface area contributed by atoms with Crippen LogP contribution in [0.4, 0.5) is 0 Å². The summed E-state index contributed by atoms with van der Waals surface area (Å²) in [6.07, 6.45) is 1.97. The molecular formula is C26H24N4O3. The number of piperidine rings is 1. The highest BCUT2D eigenvalue weighted by atomic mass is 16.5. The maximum absolute atomic E-state index is 13.1. The summed E-state index contributed by atoms with van der Waals surface area (Å²) in [5.41, 5.74) is 13.1. The summed E-state index contributed by atoms with van der Waals surface area (Å²) in [5, 5.41) is 13.1. The number of rotatable bonds is 3. The van der Waals surface area contributed by atoms with Crippen LogP contribution in [0.5, 0.6) is 0 Å². The lowest BCUT2D eigenvalue weighted by Crippen LogP contribution is -2.38. The van der Waals surface area contributed by atoms with Crippen molar-refractivity contribution in [2.24, 2.45) is 11.7 Å². The zero-order valence-corrected chi connectivity index (χ0v) is 18.6. The molecule has 2 amide bonds. The topological polar surface area (TPSA) is 113 Å². The molecule has 5 rings (SSSR count). The minimum Gasteiger partial charge on any atom is -0.366 e. The molecule has 2 heterocycles. The molecule has 1 aromatic heterocycles. The van der Waals surface area contributed by atoms with Crippen LogP contribution < -0.4 is 5.73 Å². The molecule has 3 aromatic rings. The number of likely N-dealkylation sites (tertiary alicyclic amines) is 1. The molecular weight excluding hydrogens is 416 g/mol. The van der Waals surface area contributed by atoms with E-state index in [1.165, 1.54) is 0 Å². The van der Waals surface area contributed by atoms with Crippen LogP contribution in [0.1, 0.15) is 56.1 Å². The minimum atomic E-state index is -0.482. The number of fused-ring (bicyclic) bond motifs is 3. The fraction of sp³-hybridized carbons (Fsp3) is 0.308. The normalized spacial score (nSPS) is 15.1. The van der Waals surface area contributed by atoms with Crippen molar-refractivity contribution < 1.29 is 14.1 Å². The van der Waals surface area contributed by atoms with Crippen molar-refractivity contribution in [3.63, 3.8) is 0 Å². The number of benzene rings is 2. The molecule has 0 radical (unpaired) electrons. The predicted octanol–water partition coefficient (Wildman–Crippen LogP) is 4.00. The maximum atomic E-state index is 13.1. The third-order valence-corrected chi connectivity index (χ3v) is 6.81. The average molecular weight is 441 g/mol. The van der Waals surface area contributed by atoms with Gasteiger partial charge in [-0.1, -0.05) is 11.2 Å². The molecule has 0 atom stereocenters. The average Bonchev–Trinajstić information content (AvgIpc) is 3.36. The third-order valence-electron chi connectivity index (χ3n) is 6.81. The molecule has 0 unspecified atom stereocenters. The van der Waals surface area contributed by atoms with Crippen molar-refractivity contribution in [1.82, 2.24) is 10.1 Å². The lowest BCUT2D eigenvalue weighted by molar-refractivity contribution is 0.0707. The van der Waals surface area contributed by atoms with Gasteiger partial charge in [0.15, 0.2) is 0 Å². The Morgan fingerprint density at radius 3 is 2.55 bits per heavy atom. The highest BCUT2D eigenvalue weighted by Gasteiger charge is 2.28. The number of nitriles is 1. The number of carbonyl (C=O) groups excluding carboxylic acids is 2. The number of hydrogen-bond acceptors (Lipinski definition) is 5. The van der Waals surface area contributed by atoms with E-state index in [9.17, 15) is 9.59 Å². The number of aryl methyl sites for hydroxylation is 2. The van der Waals surface area contributed by atoms with Crippen LogP contribution in [-0.2, 0) is 6.42 Å². The van der Waals surface area contributed by atoms with Crippen molar-refractivity contribution in [2.45, 2.75) is 33.1 Å². The fourth-order valence-electron chi connectivity index (χ4n) is 5.08. The first kappa shape index (κ1) is 21.0. The Morgan fingerprint density at radius 1 is 1.15 bits per heavy atom. The predicted molar refractivity (Wildman–Crippen MR) is 122 cm³/mol. The molecule has 7 heteroatoms. The van der Waals surface area contributed by atoms with Gasteiger partial charge in [0.05, 0.1) is 11.8 Å². The van der Waals surface area contributed by atoms with E-state index in [1.54, 1.807) is 0 Å². The van der Waals surface area contributed by atoms with Gasteiger partial charge < -0.3 is 15.2 Å². The number of amides is 2. The van der Waals surface area contributed by atoms with Crippen LogP contribution in [0.15, 0.2) is 34.9 Å². The second-order valence-corrected chi connectivity index (χ2v) is 8.86. The molecule has 2 aliphatic rings. The van der Waals surface area contributed by atoms with Crippen molar-refractivity contribution in [2.75, 3.05) is 13.1 Å². The third kappa shape index (κ3) is 3.48. The molecule has 166 valence electrons.